The van der Waals surface area contributed by atoms with Crippen LogP contribution in [0.15, 0.2) is 12.1 Å². The maximum absolute atomic E-state index is 12.7. The first-order valence-electron chi connectivity index (χ1n) is 6.57. The summed E-state index contributed by atoms with van der Waals surface area (Å²) in [6.45, 7) is 1.60. The predicted molar refractivity (Wildman–Crippen MR) is 80.3 cm³/mol. The minimum atomic E-state index is -4.42. The number of alkyl halides is 3. The fourth-order valence-corrected chi connectivity index (χ4v) is 2.77. The topological polar surface area (TPSA) is 45.6 Å². The van der Waals surface area contributed by atoms with E-state index >= 15 is 0 Å². The molecule has 2 rings (SSSR count). The summed E-state index contributed by atoms with van der Waals surface area (Å²) in [5, 5.41) is 8.93. The van der Waals surface area contributed by atoms with Crippen molar-refractivity contribution in [2.75, 3.05) is 37.8 Å². The van der Waals surface area contributed by atoms with Gasteiger partial charge in [-0.1, -0.05) is 0 Å². The molecule has 0 radical (unpaired) electrons. The molecule has 1 saturated heterocycles. The summed E-state index contributed by atoms with van der Waals surface area (Å²) in [7, 11) is 0. The van der Waals surface area contributed by atoms with Gasteiger partial charge in [0.1, 0.15) is 5.82 Å². The van der Waals surface area contributed by atoms with Gasteiger partial charge in [-0.15, -0.1) is 0 Å². The molecule has 2 heterocycles. The van der Waals surface area contributed by atoms with Gasteiger partial charge < -0.3 is 14.7 Å². The van der Waals surface area contributed by atoms with E-state index in [1.54, 1.807) is 6.07 Å². The molecule has 1 aliphatic heterocycles. The lowest BCUT2D eigenvalue weighted by atomic mass is 10.0. The van der Waals surface area contributed by atoms with Crippen LogP contribution in [0.25, 0.3) is 0 Å². The van der Waals surface area contributed by atoms with Gasteiger partial charge in [0.05, 0.1) is 25.7 Å². The summed E-state index contributed by atoms with van der Waals surface area (Å²) >= 11 is 2.07. The molecule has 0 aromatic carbocycles. The van der Waals surface area contributed by atoms with E-state index in [-0.39, 0.29) is 6.42 Å². The van der Waals surface area contributed by atoms with Crippen LogP contribution < -0.4 is 4.90 Å². The molecule has 0 unspecified atom stereocenters. The largest absolute Gasteiger partial charge is 0.396 e. The minimum Gasteiger partial charge on any atom is -0.396 e. The van der Waals surface area contributed by atoms with Crippen LogP contribution in [0.5, 0.6) is 0 Å². The Bertz CT molecular complexity index is 479. The maximum Gasteiger partial charge on any atom is 0.394 e. The molecular weight excluding hydrogens is 400 g/mol. The number of aliphatic hydroxyl groups is 1. The number of hydrogen-bond donors (Lipinski definition) is 1. The Morgan fingerprint density at radius 3 is 2.57 bits per heavy atom. The highest BCUT2D eigenvalue weighted by Crippen LogP contribution is 2.29. The second kappa shape index (κ2) is 7.10. The lowest BCUT2D eigenvalue weighted by molar-refractivity contribution is -0.183. The summed E-state index contributed by atoms with van der Waals surface area (Å²) < 4.78 is 44.3. The normalized spacial score (nSPS) is 17.9. The molecule has 118 valence electrons. The number of anilines is 1. The smallest absolute Gasteiger partial charge is 0.394 e. The Balaban J connectivity index is 2.18. The first kappa shape index (κ1) is 16.8. The average molecular weight is 416 g/mol. The Hall–Kier alpha value is -0.610. The van der Waals surface area contributed by atoms with E-state index in [1.165, 1.54) is 0 Å². The highest BCUT2D eigenvalue weighted by Gasteiger charge is 2.39. The standard InChI is InChI=1S/C13H16F3IN2O2/c14-13(15,16)9(8-20)5-11-6-10(17)7-12(18-11)19-1-3-21-4-2-19/h6-7,9,20H,1-5,8H2/t9-/m0/s1. The van der Waals surface area contributed by atoms with Gasteiger partial charge in [0, 0.05) is 28.8 Å². The predicted octanol–water partition coefficient (Wildman–Crippen LogP) is 2.24. The number of aliphatic hydroxyl groups excluding tert-OH is 1. The molecule has 21 heavy (non-hydrogen) atoms. The highest BCUT2D eigenvalue weighted by molar-refractivity contribution is 14.1. The van der Waals surface area contributed by atoms with E-state index < -0.39 is 18.7 Å². The van der Waals surface area contributed by atoms with Gasteiger partial charge in [0.25, 0.3) is 0 Å². The fraction of sp³-hybridized carbons (Fsp3) is 0.615. The molecule has 4 nitrogen and oxygen atoms in total. The summed E-state index contributed by atoms with van der Waals surface area (Å²) in [5.74, 6) is -1.11. The third kappa shape index (κ3) is 4.68. The molecule has 1 aromatic heterocycles. The summed E-state index contributed by atoms with van der Waals surface area (Å²) in [6.07, 6.45) is -4.73. The van der Waals surface area contributed by atoms with E-state index in [2.05, 4.69) is 27.6 Å². The van der Waals surface area contributed by atoms with Crippen LogP contribution in [0.2, 0.25) is 0 Å². The van der Waals surface area contributed by atoms with Crippen molar-refractivity contribution in [3.63, 3.8) is 0 Å². The summed E-state index contributed by atoms with van der Waals surface area (Å²) in [6, 6.07) is 3.47. The molecule has 1 atom stereocenters. The summed E-state index contributed by atoms with van der Waals surface area (Å²) in [4.78, 5) is 6.31. The molecule has 0 spiro atoms. The Kier molecular flexibility index (Phi) is 5.67. The molecule has 1 aliphatic rings. The van der Waals surface area contributed by atoms with Gasteiger partial charge in [-0.3, -0.25) is 0 Å². The van der Waals surface area contributed by atoms with E-state index in [9.17, 15) is 13.2 Å². The second-order valence-electron chi connectivity index (χ2n) is 4.86. The molecule has 1 fully saturated rings. The van der Waals surface area contributed by atoms with Crippen molar-refractivity contribution in [3.8, 4) is 0 Å². The van der Waals surface area contributed by atoms with Crippen molar-refractivity contribution in [1.29, 1.82) is 0 Å². The van der Waals surface area contributed by atoms with E-state index in [1.807, 2.05) is 11.0 Å². The zero-order valence-electron chi connectivity index (χ0n) is 11.2. The quantitative estimate of drug-likeness (QED) is 0.766. The lowest BCUT2D eigenvalue weighted by Gasteiger charge is -2.28. The number of nitrogens with zero attached hydrogens (tertiary/aromatic N) is 2. The first-order valence-corrected chi connectivity index (χ1v) is 7.64. The number of aromatic nitrogens is 1. The molecule has 8 heteroatoms. The molecule has 1 N–H and O–H groups in total. The van der Waals surface area contributed by atoms with Gasteiger partial charge in [-0.05, 0) is 34.7 Å². The SMILES string of the molecule is OC[C@H](Cc1cc(I)cc(N2CCOCC2)n1)C(F)(F)F. The van der Waals surface area contributed by atoms with Crippen LogP contribution in [-0.4, -0.2) is 49.2 Å². The Labute approximate surface area is 134 Å². The van der Waals surface area contributed by atoms with Crippen molar-refractivity contribution >= 4 is 28.4 Å². The van der Waals surface area contributed by atoms with Crippen LogP contribution in [0.4, 0.5) is 19.0 Å². The number of rotatable bonds is 4. The lowest BCUT2D eigenvalue weighted by Crippen LogP contribution is -2.37. The molecule has 0 amide bonds. The molecule has 1 aromatic rings. The number of halogens is 4. The van der Waals surface area contributed by atoms with Gasteiger partial charge >= 0.3 is 6.18 Å². The van der Waals surface area contributed by atoms with Gasteiger partial charge in [-0.2, -0.15) is 13.2 Å². The number of pyridine rings is 1. The summed E-state index contributed by atoms with van der Waals surface area (Å²) in [5.41, 5.74) is 0.347. The van der Waals surface area contributed by atoms with Crippen LogP contribution in [0, 0.1) is 9.49 Å². The monoisotopic (exact) mass is 416 g/mol. The van der Waals surface area contributed by atoms with Gasteiger partial charge in [0.15, 0.2) is 0 Å². The third-order valence-corrected chi connectivity index (χ3v) is 3.93. The number of morpholine rings is 1. The zero-order chi connectivity index (χ0) is 15.5. The van der Waals surface area contributed by atoms with Crippen LogP contribution >= 0.6 is 22.6 Å². The van der Waals surface area contributed by atoms with Crippen molar-refractivity contribution in [2.45, 2.75) is 12.6 Å². The molecular formula is C13H16F3IN2O2. The van der Waals surface area contributed by atoms with Crippen molar-refractivity contribution in [3.05, 3.63) is 21.4 Å². The van der Waals surface area contributed by atoms with E-state index in [4.69, 9.17) is 9.84 Å². The van der Waals surface area contributed by atoms with Crippen LogP contribution in [-0.2, 0) is 11.2 Å². The average Bonchev–Trinajstić information content (AvgIpc) is 2.44. The molecule has 0 aliphatic carbocycles. The molecule has 0 bridgehead atoms. The van der Waals surface area contributed by atoms with Gasteiger partial charge in [0.2, 0.25) is 0 Å². The Morgan fingerprint density at radius 2 is 2.00 bits per heavy atom. The van der Waals surface area contributed by atoms with E-state index in [0.29, 0.717) is 37.8 Å². The zero-order valence-corrected chi connectivity index (χ0v) is 13.4. The third-order valence-electron chi connectivity index (χ3n) is 3.30. The van der Waals surface area contributed by atoms with Crippen molar-refractivity contribution in [1.82, 2.24) is 4.98 Å². The van der Waals surface area contributed by atoms with Crippen LogP contribution in [0.1, 0.15) is 5.69 Å². The fourth-order valence-electron chi connectivity index (χ4n) is 2.13. The Morgan fingerprint density at radius 1 is 1.33 bits per heavy atom. The molecule has 0 saturated carbocycles. The van der Waals surface area contributed by atoms with E-state index in [0.717, 1.165) is 3.57 Å². The second-order valence-corrected chi connectivity index (χ2v) is 6.11. The maximum atomic E-state index is 12.7. The van der Waals surface area contributed by atoms with Crippen molar-refractivity contribution in [2.24, 2.45) is 5.92 Å². The highest BCUT2D eigenvalue weighted by atomic mass is 127. The van der Waals surface area contributed by atoms with Crippen LogP contribution in [0.3, 0.4) is 0 Å². The van der Waals surface area contributed by atoms with Crippen molar-refractivity contribution < 1.29 is 23.0 Å². The number of hydrogen-bond acceptors (Lipinski definition) is 4. The van der Waals surface area contributed by atoms with Gasteiger partial charge in [-0.25, -0.2) is 4.98 Å². The first-order chi connectivity index (χ1) is 9.90. The minimum absolute atomic E-state index is 0.311. The number of ether oxygens (including phenoxy) is 1.